The molecule has 0 spiro atoms. The molecular weight excluding hydrogens is 303 g/mol. The summed E-state index contributed by atoms with van der Waals surface area (Å²) in [5.74, 6) is 0.475. The van der Waals surface area contributed by atoms with Gasteiger partial charge >= 0.3 is 0 Å². The summed E-state index contributed by atoms with van der Waals surface area (Å²) in [4.78, 5) is 8.24. The molecule has 1 rings (SSSR count). The molecule has 15 heavy (non-hydrogen) atoms. The first-order chi connectivity index (χ1) is 6.88. The van der Waals surface area contributed by atoms with Crippen LogP contribution in [0.3, 0.4) is 0 Å². The van der Waals surface area contributed by atoms with Crippen molar-refractivity contribution >= 4 is 39.1 Å². The smallest absolute Gasteiger partial charge is 0.163 e. The van der Waals surface area contributed by atoms with Crippen LogP contribution in [0.15, 0.2) is 4.47 Å². The van der Waals surface area contributed by atoms with E-state index in [0.717, 1.165) is 0 Å². The molecule has 0 aliphatic rings. The Morgan fingerprint density at radius 2 is 1.73 bits per heavy atom. The van der Waals surface area contributed by atoms with Crippen molar-refractivity contribution in [3.05, 3.63) is 20.6 Å². The van der Waals surface area contributed by atoms with Gasteiger partial charge in [-0.05, 0) is 36.7 Å². The summed E-state index contributed by atoms with van der Waals surface area (Å²) in [6, 6.07) is 0. The minimum atomic E-state index is -0.595. The fourth-order valence-corrected chi connectivity index (χ4v) is 1.65. The van der Waals surface area contributed by atoms with Gasteiger partial charge in [-0.3, -0.25) is 0 Å². The second kappa shape index (κ2) is 4.95. The molecule has 0 N–H and O–H groups in total. The van der Waals surface area contributed by atoms with Gasteiger partial charge in [0.15, 0.2) is 5.82 Å². The third-order valence-corrected chi connectivity index (χ3v) is 3.57. The lowest BCUT2D eigenvalue weighted by molar-refractivity contribution is -0.0208. The van der Waals surface area contributed by atoms with Gasteiger partial charge < -0.3 is 4.74 Å². The normalized spacial score (nSPS) is 11.9. The molecule has 0 bridgehead atoms. The summed E-state index contributed by atoms with van der Waals surface area (Å²) in [7, 11) is 0. The lowest BCUT2D eigenvalue weighted by Gasteiger charge is -2.23. The zero-order valence-electron chi connectivity index (χ0n) is 8.64. The first-order valence-corrected chi connectivity index (χ1v) is 5.96. The van der Waals surface area contributed by atoms with Crippen molar-refractivity contribution in [1.29, 1.82) is 0 Å². The Morgan fingerprint density at radius 1 is 1.27 bits per heavy atom. The fourth-order valence-electron chi connectivity index (χ4n) is 1.09. The standard InChI is InChI=1S/C9H11BrCl2N2O/c1-4-15-9(2,3)8-13-6(11)5(10)7(12)14-8/h4H2,1-3H3. The van der Waals surface area contributed by atoms with E-state index in [0.29, 0.717) is 16.9 Å². The Kier molecular flexibility index (Phi) is 4.35. The molecule has 0 aliphatic carbocycles. The number of hydrogen-bond acceptors (Lipinski definition) is 3. The van der Waals surface area contributed by atoms with Gasteiger partial charge in [-0.1, -0.05) is 23.2 Å². The molecule has 0 fully saturated rings. The summed E-state index contributed by atoms with van der Waals surface area (Å²) in [6.45, 7) is 6.21. The van der Waals surface area contributed by atoms with Crippen molar-refractivity contribution in [2.24, 2.45) is 0 Å². The third kappa shape index (κ3) is 3.03. The van der Waals surface area contributed by atoms with Gasteiger partial charge in [0, 0.05) is 6.61 Å². The van der Waals surface area contributed by atoms with Crippen molar-refractivity contribution in [3.63, 3.8) is 0 Å². The van der Waals surface area contributed by atoms with E-state index < -0.39 is 5.60 Å². The molecule has 0 aliphatic heterocycles. The van der Waals surface area contributed by atoms with Gasteiger partial charge in [-0.15, -0.1) is 0 Å². The minimum Gasteiger partial charge on any atom is -0.368 e. The minimum absolute atomic E-state index is 0.290. The Bertz CT molecular complexity index is 348. The van der Waals surface area contributed by atoms with Crippen LogP contribution in [0.1, 0.15) is 26.6 Å². The monoisotopic (exact) mass is 312 g/mol. The number of aromatic nitrogens is 2. The Balaban J connectivity index is 3.16. The van der Waals surface area contributed by atoms with Gasteiger partial charge in [-0.2, -0.15) is 0 Å². The highest BCUT2D eigenvalue weighted by Gasteiger charge is 2.26. The third-order valence-electron chi connectivity index (χ3n) is 1.81. The Labute approximate surface area is 107 Å². The van der Waals surface area contributed by atoms with Crippen LogP contribution in [0.25, 0.3) is 0 Å². The second-order valence-corrected chi connectivity index (χ2v) is 4.90. The molecule has 0 saturated carbocycles. The number of nitrogens with zero attached hydrogens (tertiary/aromatic N) is 2. The van der Waals surface area contributed by atoms with E-state index in [1.165, 1.54) is 0 Å². The molecule has 1 aromatic heterocycles. The highest BCUT2D eigenvalue weighted by molar-refractivity contribution is 9.10. The van der Waals surface area contributed by atoms with Crippen LogP contribution in [0.4, 0.5) is 0 Å². The lowest BCUT2D eigenvalue weighted by atomic mass is 10.1. The van der Waals surface area contributed by atoms with E-state index in [9.17, 15) is 0 Å². The maximum atomic E-state index is 5.89. The van der Waals surface area contributed by atoms with Gasteiger partial charge in [0.05, 0.1) is 4.47 Å². The summed E-state index contributed by atoms with van der Waals surface area (Å²) in [6.07, 6.45) is 0. The highest BCUT2D eigenvalue weighted by Crippen LogP contribution is 2.30. The topological polar surface area (TPSA) is 35.0 Å². The van der Waals surface area contributed by atoms with Crippen LogP contribution in [0.5, 0.6) is 0 Å². The molecule has 0 saturated heterocycles. The van der Waals surface area contributed by atoms with E-state index in [4.69, 9.17) is 27.9 Å². The molecular formula is C9H11BrCl2N2O. The zero-order valence-corrected chi connectivity index (χ0v) is 11.7. The van der Waals surface area contributed by atoms with E-state index >= 15 is 0 Å². The summed E-state index contributed by atoms with van der Waals surface area (Å²) < 4.78 is 6.01. The molecule has 0 radical (unpaired) electrons. The van der Waals surface area contributed by atoms with E-state index in [2.05, 4.69) is 25.9 Å². The predicted octanol–water partition coefficient (Wildman–Crippen LogP) is 3.82. The van der Waals surface area contributed by atoms with E-state index in [-0.39, 0.29) is 10.3 Å². The Hall–Kier alpha value is 0.1000. The lowest BCUT2D eigenvalue weighted by Crippen LogP contribution is -2.25. The van der Waals surface area contributed by atoms with Crippen molar-refractivity contribution in [1.82, 2.24) is 9.97 Å². The molecule has 6 heteroatoms. The van der Waals surface area contributed by atoms with Crippen LogP contribution < -0.4 is 0 Å². The predicted molar refractivity (Wildman–Crippen MR) is 64.4 cm³/mol. The Morgan fingerprint density at radius 3 is 2.13 bits per heavy atom. The maximum Gasteiger partial charge on any atom is 0.163 e. The first kappa shape index (κ1) is 13.2. The van der Waals surface area contributed by atoms with Crippen LogP contribution in [-0.4, -0.2) is 16.6 Å². The van der Waals surface area contributed by atoms with Crippen LogP contribution in [-0.2, 0) is 10.3 Å². The summed E-state index contributed by atoms with van der Waals surface area (Å²) in [5, 5.41) is 0.579. The molecule has 0 aromatic carbocycles. The van der Waals surface area contributed by atoms with Gasteiger partial charge in [0.25, 0.3) is 0 Å². The van der Waals surface area contributed by atoms with Crippen LogP contribution in [0.2, 0.25) is 10.3 Å². The molecule has 1 heterocycles. The van der Waals surface area contributed by atoms with Crippen molar-refractivity contribution < 1.29 is 4.74 Å². The summed E-state index contributed by atoms with van der Waals surface area (Å²) in [5.41, 5.74) is -0.595. The molecule has 1 aromatic rings. The molecule has 0 unspecified atom stereocenters. The molecule has 84 valence electrons. The molecule has 3 nitrogen and oxygen atoms in total. The highest BCUT2D eigenvalue weighted by atomic mass is 79.9. The average Bonchev–Trinajstić information content (AvgIpc) is 2.13. The van der Waals surface area contributed by atoms with Crippen molar-refractivity contribution in [3.8, 4) is 0 Å². The number of ether oxygens (including phenoxy) is 1. The van der Waals surface area contributed by atoms with Crippen LogP contribution >= 0.6 is 39.1 Å². The van der Waals surface area contributed by atoms with Gasteiger partial charge in [-0.25, -0.2) is 9.97 Å². The van der Waals surface area contributed by atoms with Crippen LogP contribution in [0, 0.1) is 0 Å². The number of rotatable bonds is 3. The first-order valence-electron chi connectivity index (χ1n) is 4.41. The SMILES string of the molecule is CCOC(C)(C)c1nc(Cl)c(Br)c(Cl)n1. The quantitative estimate of drug-likeness (QED) is 0.796. The van der Waals surface area contributed by atoms with Gasteiger partial charge in [0.2, 0.25) is 0 Å². The largest absolute Gasteiger partial charge is 0.368 e. The van der Waals surface area contributed by atoms with E-state index in [1.54, 1.807) is 0 Å². The zero-order chi connectivity index (χ0) is 11.6. The number of halogens is 3. The number of hydrogen-bond donors (Lipinski definition) is 0. The molecule has 0 amide bonds. The molecule has 0 atom stereocenters. The average molecular weight is 314 g/mol. The van der Waals surface area contributed by atoms with Gasteiger partial charge in [0.1, 0.15) is 15.9 Å². The van der Waals surface area contributed by atoms with Crippen molar-refractivity contribution in [2.45, 2.75) is 26.4 Å². The fraction of sp³-hybridized carbons (Fsp3) is 0.556. The maximum absolute atomic E-state index is 5.89. The van der Waals surface area contributed by atoms with Crippen molar-refractivity contribution in [2.75, 3.05) is 6.61 Å². The second-order valence-electron chi connectivity index (χ2n) is 3.39. The van der Waals surface area contributed by atoms with E-state index in [1.807, 2.05) is 20.8 Å². The summed E-state index contributed by atoms with van der Waals surface area (Å²) >= 11 is 15.0.